The van der Waals surface area contributed by atoms with Crippen LogP contribution in [0.4, 0.5) is 11.5 Å². The van der Waals surface area contributed by atoms with E-state index in [9.17, 15) is 4.79 Å². The Kier molecular flexibility index (Phi) is 4.98. The number of hydrogen-bond donors (Lipinski definition) is 2. The molecule has 0 bridgehead atoms. The molecule has 0 saturated heterocycles. The van der Waals surface area contributed by atoms with Crippen LogP contribution in [0.15, 0.2) is 60.8 Å². The van der Waals surface area contributed by atoms with E-state index in [1.807, 2.05) is 36.4 Å². The minimum atomic E-state index is -0.308. The summed E-state index contributed by atoms with van der Waals surface area (Å²) < 4.78 is 0. The maximum atomic E-state index is 12.1. The minimum absolute atomic E-state index is 0.232. The summed E-state index contributed by atoms with van der Waals surface area (Å²) in [4.78, 5) is 16.2. The Hall–Kier alpha value is -2.99. The molecule has 7 heteroatoms. The number of amides is 1. The van der Waals surface area contributed by atoms with E-state index in [4.69, 9.17) is 11.6 Å². The fourth-order valence-corrected chi connectivity index (χ4v) is 2.17. The molecule has 0 aliphatic heterocycles. The molecule has 0 atom stereocenters. The van der Waals surface area contributed by atoms with E-state index in [0.717, 1.165) is 11.4 Å². The first-order valence-electron chi connectivity index (χ1n) is 7.26. The van der Waals surface area contributed by atoms with Gasteiger partial charge in [0.25, 0.3) is 5.91 Å². The number of para-hydroxylation sites is 1. The van der Waals surface area contributed by atoms with Crippen LogP contribution in [0, 0.1) is 0 Å². The van der Waals surface area contributed by atoms with Crippen LogP contribution in [0.1, 0.15) is 16.2 Å². The molecule has 0 unspecified atom stereocenters. The predicted molar refractivity (Wildman–Crippen MR) is 92.2 cm³/mol. The lowest BCUT2D eigenvalue weighted by Crippen LogP contribution is -2.24. The number of nitrogens with zero attached hydrogens (tertiary/aromatic N) is 3. The van der Waals surface area contributed by atoms with Crippen LogP contribution in [0.3, 0.4) is 0 Å². The van der Waals surface area contributed by atoms with Gasteiger partial charge in [-0.3, -0.25) is 9.78 Å². The highest BCUT2D eigenvalue weighted by molar-refractivity contribution is 6.33. The molecule has 3 rings (SSSR count). The summed E-state index contributed by atoms with van der Waals surface area (Å²) in [7, 11) is 0. The summed E-state index contributed by atoms with van der Waals surface area (Å²) in [6.07, 6.45) is 1.68. The van der Waals surface area contributed by atoms with Crippen molar-refractivity contribution in [3.8, 4) is 0 Å². The second kappa shape index (κ2) is 7.52. The molecule has 2 heterocycles. The molecule has 24 heavy (non-hydrogen) atoms. The van der Waals surface area contributed by atoms with Crippen molar-refractivity contribution in [3.63, 3.8) is 0 Å². The molecule has 2 N–H and O–H groups in total. The average molecular weight is 340 g/mol. The highest BCUT2D eigenvalue weighted by Crippen LogP contribution is 2.23. The molecule has 3 aromatic rings. The molecule has 0 saturated carbocycles. The fraction of sp³-hybridized carbons (Fsp3) is 0.0588. The van der Waals surface area contributed by atoms with Crippen LogP contribution in [-0.2, 0) is 6.54 Å². The third-order valence-corrected chi connectivity index (χ3v) is 3.52. The van der Waals surface area contributed by atoms with Gasteiger partial charge in [-0.25, -0.2) is 0 Å². The van der Waals surface area contributed by atoms with Gasteiger partial charge in [0.05, 0.1) is 22.9 Å². The van der Waals surface area contributed by atoms with Gasteiger partial charge in [-0.15, -0.1) is 10.2 Å². The summed E-state index contributed by atoms with van der Waals surface area (Å²) in [6, 6.07) is 16.1. The summed E-state index contributed by atoms with van der Waals surface area (Å²) in [6.45, 7) is 0.334. The van der Waals surface area contributed by atoms with Gasteiger partial charge in [-0.1, -0.05) is 29.8 Å². The number of rotatable bonds is 5. The van der Waals surface area contributed by atoms with Gasteiger partial charge < -0.3 is 10.6 Å². The topological polar surface area (TPSA) is 79.8 Å². The molecule has 0 radical (unpaired) electrons. The van der Waals surface area contributed by atoms with Crippen molar-refractivity contribution in [3.05, 3.63) is 77.2 Å². The SMILES string of the molecule is O=C(NCc1ccccn1)c1ccc(Nc2ccccc2Cl)nn1. The van der Waals surface area contributed by atoms with Crippen LogP contribution in [0.2, 0.25) is 5.02 Å². The number of nitrogens with one attached hydrogen (secondary N) is 2. The number of halogens is 1. The molecule has 120 valence electrons. The van der Waals surface area contributed by atoms with Gasteiger partial charge in [-0.05, 0) is 36.4 Å². The predicted octanol–water partition coefficient (Wildman–Crippen LogP) is 3.20. The Balaban J connectivity index is 1.61. The van der Waals surface area contributed by atoms with Gasteiger partial charge in [0.2, 0.25) is 0 Å². The smallest absolute Gasteiger partial charge is 0.272 e. The third-order valence-electron chi connectivity index (χ3n) is 3.19. The molecule has 0 aliphatic carbocycles. The van der Waals surface area contributed by atoms with Crippen molar-refractivity contribution in [2.45, 2.75) is 6.54 Å². The highest BCUT2D eigenvalue weighted by atomic mass is 35.5. The molecule has 0 spiro atoms. The number of carbonyl (C=O) groups excluding carboxylic acids is 1. The first-order valence-corrected chi connectivity index (χ1v) is 7.63. The van der Waals surface area contributed by atoms with E-state index in [0.29, 0.717) is 17.4 Å². The Labute approximate surface area is 143 Å². The standard InChI is InChI=1S/C17H14ClN5O/c18-13-6-1-2-7-14(13)21-16-9-8-15(22-23-16)17(24)20-11-12-5-3-4-10-19-12/h1-10H,11H2,(H,20,24)(H,21,23). The lowest BCUT2D eigenvalue weighted by molar-refractivity contribution is 0.0944. The van der Waals surface area contributed by atoms with E-state index in [1.54, 1.807) is 24.4 Å². The van der Waals surface area contributed by atoms with E-state index in [1.165, 1.54) is 0 Å². The number of aromatic nitrogens is 3. The second-order valence-corrected chi connectivity index (χ2v) is 5.32. The third kappa shape index (κ3) is 4.05. The lowest BCUT2D eigenvalue weighted by Gasteiger charge is -2.07. The summed E-state index contributed by atoms with van der Waals surface area (Å²) in [5.74, 6) is 0.196. The fourth-order valence-electron chi connectivity index (χ4n) is 1.98. The van der Waals surface area contributed by atoms with Gasteiger partial charge in [0, 0.05) is 6.20 Å². The molecular weight excluding hydrogens is 326 g/mol. The van der Waals surface area contributed by atoms with E-state index in [-0.39, 0.29) is 11.6 Å². The first kappa shape index (κ1) is 15.9. The number of benzene rings is 1. The van der Waals surface area contributed by atoms with E-state index < -0.39 is 0 Å². The number of pyridine rings is 1. The average Bonchev–Trinajstić information content (AvgIpc) is 2.63. The molecule has 2 aromatic heterocycles. The quantitative estimate of drug-likeness (QED) is 0.746. The van der Waals surface area contributed by atoms with Crippen molar-refractivity contribution in [1.82, 2.24) is 20.5 Å². The van der Waals surface area contributed by atoms with Crippen LogP contribution < -0.4 is 10.6 Å². The van der Waals surface area contributed by atoms with Gasteiger partial charge in [0.1, 0.15) is 0 Å². The van der Waals surface area contributed by atoms with Gasteiger partial charge >= 0.3 is 0 Å². The Morgan fingerprint density at radius 2 is 1.83 bits per heavy atom. The molecule has 1 amide bonds. The van der Waals surface area contributed by atoms with Gasteiger partial charge in [0.15, 0.2) is 11.5 Å². The number of anilines is 2. The monoisotopic (exact) mass is 339 g/mol. The summed E-state index contributed by atoms with van der Waals surface area (Å²) in [5, 5.41) is 14.3. The largest absolute Gasteiger partial charge is 0.345 e. The van der Waals surface area contributed by atoms with Crippen molar-refractivity contribution in [1.29, 1.82) is 0 Å². The zero-order valence-corrected chi connectivity index (χ0v) is 13.4. The van der Waals surface area contributed by atoms with Crippen LogP contribution in [-0.4, -0.2) is 21.1 Å². The number of hydrogen-bond acceptors (Lipinski definition) is 5. The van der Waals surface area contributed by atoms with E-state index in [2.05, 4.69) is 25.8 Å². The Bertz CT molecular complexity index is 824. The molecular formula is C17H14ClN5O. The van der Waals surface area contributed by atoms with Crippen LogP contribution in [0.5, 0.6) is 0 Å². The summed E-state index contributed by atoms with van der Waals surface area (Å²) in [5.41, 5.74) is 1.73. The van der Waals surface area contributed by atoms with E-state index >= 15 is 0 Å². The van der Waals surface area contributed by atoms with Crippen LogP contribution in [0.25, 0.3) is 0 Å². The van der Waals surface area contributed by atoms with Crippen molar-refractivity contribution in [2.75, 3.05) is 5.32 Å². The second-order valence-electron chi connectivity index (χ2n) is 4.91. The Morgan fingerprint density at radius 3 is 2.54 bits per heavy atom. The molecule has 0 fully saturated rings. The Morgan fingerprint density at radius 1 is 1.00 bits per heavy atom. The van der Waals surface area contributed by atoms with Crippen molar-refractivity contribution < 1.29 is 4.79 Å². The highest BCUT2D eigenvalue weighted by Gasteiger charge is 2.09. The number of carbonyl (C=O) groups is 1. The van der Waals surface area contributed by atoms with Gasteiger partial charge in [-0.2, -0.15) is 0 Å². The summed E-state index contributed by atoms with van der Waals surface area (Å²) >= 11 is 6.07. The molecule has 0 aliphatic rings. The molecule has 6 nitrogen and oxygen atoms in total. The zero-order valence-electron chi connectivity index (χ0n) is 12.6. The zero-order chi connectivity index (χ0) is 16.8. The molecule has 1 aromatic carbocycles. The normalized spacial score (nSPS) is 10.2. The van der Waals surface area contributed by atoms with Crippen molar-refractivity contribution >= 4 is 29.0 Å². The first-order chi connectivity index (χ1) is 11.7. The van der Waals surface area contributed by atoms with Crippen LogP contribution >= 0.6 is 11.6 Å². The van der Waals surface area contributed by atoms with Crippen molar-refractivity contribution in [2.24, 2.45) is 0 Å². The lowest BCUT2D eigenvalue weighted by atomic mass is 10.3. The minimum Gasteiger partial charge on any atom is -0.345 e. The maximum absolute atomic E-state index is 12.1. The maximum Gasteiger partial charge on any atom is 0.272 e.